The Labute approximate surface area is 160 Å². The van der Waals surface area contributed by atoms with Gasteiger partial charge in [0.15, 0.2) is 16.6 Å². The van der Waals surface area contributed by atoms with Gasteiger partial charge in [-0.25, -0.2) is 0 Å². The van der Waals surface area contributed by atoms with Crippen LogP contribution in [0.3, 0.4) is 0 Å². The van der Waals surface area contributed by atoms with Gasteiger partial charge in [-0.15, -0.1) is 0 Å². The van der Waals surface area contributed by atoms with Crippen LogP contribution in [-0.2, 0) is 16.0 Å². The molecule has 9 heteroatoms. The molecule has 142 valence electrons. The Morgan fingerprint density at radius 2 is 1.85 bits per heavy atom. The van der Waals surface area contributed by atoms with Crippen molar-refractivity contribution in [1.82, 2.24) is 5.32 Å². The summed E-state index contributed by atoms with van der Waals surface area (Å²) >= 11 is 4.99. The molecule has 1 aliphatic rings. The minimum atomic E-state index is -1.10. The van der Waals surface area contributed by atoms with Crippen LogP contribution in [0, 0.1) is 0 Å². The maximum absolute atomic E-state index is 11.0. The molecule has 1 aliphatic heterocycles. The van der Waals surface area contributed by atoms with Crippen LogP contribution in [0.4, 0.5) is 5.69 Å². The Bertz CT molecular complexity index is 844. The number of hydrogen-bond acceptors (Lipinski definition) is 6. The number of carbonyl (C=O) groups is 2. The van der Waals surface area contributed by atoms with E-state index in [0.29, 0.717) is 17.2 Å². The number of anilines is 1. The number of thiocarbonyl (C=S) groups is 1. The number of carboxylic acid groups (broad SMARTS) is 1. The van der Waals surface area contributed by atoms with Gasteiger partial charge in [0.05, 0.1) is 0 Å². The number of phenols is 2. The zero-order valence-electron chi connectivity index (χ0n) is 14.2. The lowest BCUT2D eigenvalue weighted by Crippen LogP contribution is -2.32. The Kier molecular flexibility index (Phi) is 6.69. The van der Waals surface area contributed by atoms with Crippen LogP contribution in [0.25, 0.3) is 0 Å². The van der Waals surface area contributed by atoms with Crippen molar-refractivity contribution in [3.8, 4) is 11.5 Å². The standard InChI is InChI=1S/C9H8N2OS.C9H11NO4/c12-8-6-11(9(13)10-8)7-4-2-1-3-5-7;10-6(9(13)14)3-5-1-2-7(11)8(12)4-5/h1-5H,6H2,(H,10,12,13);1-2,4,6,11-12H,3,10H2,(H,13,14)/t;6-/m.0/s1. The lowest BCUT2D eigenvalue weighted by molar-refractivity contribution is -0.138. The molecule has 0 aliphatic carbocycles. The Morgan fingerprint density at radius 1 is 1.19 bits per heavy atom. The van der Waals surface area contributed by atoms with E-state index in [2.05, 4.69) is 5.32 Å². The normalized spacial score (nSPS) is 14.2. The van der Waals surface area contributed by atoms with Crippen molar-refractivity contribution in [3.63, 3.8) is 0 Å². The molecule has 1 fully saturated rings. The molecule has 0 unspecified atom stereocenters. The van der Waals surface area contributed by atoms with Gasteiger partial charge < -0.3 is 31.3 Å². The van der Waals surface area contributed by atoms with Crippen LogP contribution in [0.15, 0.2) is 48.5 Å². The van der Waals surface area contributed by atoms with Crippen molar-refractivity contribution < 1.29 is 24.9 Å². The van der Waals surface area contributed by atoms with Gasteiger partial charge in [0.2, 0.25) is 5.91 Å². The summed E-state index contributed by atoms with van der Waals surface area (Å²) in [6.07, 6.45) is 0.114. The number of carboxylic acids is 1. The fourth-order valence-corrected chi connectivity index (χ4v) is 2.58. The number of nitrogens with two attached hydrogens (primary N) is 1. The third-order valence-electron chi connectivity index (χ3n) is 3.67. The van der Waals surface area contributed by atoms with E-state index in [1.165, 1.54) is 18.2 Å². The lowest BCUT2D eigenvalue weighted by Gasteiger charge is -2.14. The number of hydrogen-bond donors (Lipinski definition) is 5. The number of carbonyl (C=O) groups excluding carboxylic acids is 1. The second-order valence-electron chi connectivity index (χ2n) is 5.75. The number of rotatable bonds is 4. The quantitative estimate of drug-likeness (QED) is 0.385. The summed E-state index contributed by atoms with van der Waals surface area (Å²) in [5.41, 5.74) is 6.81. The first-order valence-corrected chi connectivity index (χ1v) is 8.34. The van der Waals surface area contributed by atoms with E-state index in [0.717, 1.165) is 5.69 Å². The number of phenolic OH excluding ortho intramolecular Hbond substituents is 2. The monoisotopic (exact) mass is 389 g/mol. The van der Waals surface area contributed by atoms with Gasteiger partial charge in [0, 0.05) is 5.69 Å². The number of amides is 1. The predicted molar refractivity (Wildman–Crippen MR) is 104 cm³/mol. The average molecular weight is 389 g/mol. The van der Waals surface area contributed by atoms with Crippen LogP contribution in [-0.4, -0.2) is 44.9 Å². The van der Waals surface area contributed by atoms with Crippen molar-refractivity contribution in [1.29, 1.82) is 0 Å². The molecule has 0 aromatic heterocycles. The van der Waals surface area contributed by atoms with Crippen molar-refractivity contribution >= 4 is 34.9 Å². The Morgan fingerprint density at radius 3 is 2.37 bits per heavy atom. The van der Waals surface area contributed by atoms with E-state index in [1.807, 2.05) is 30.3 Å². The molecule has 2 aromatic rings. The highest BCUT2D eigenvalue weighted by Crippen LogP contribution is 2.25. The van der Waals surface area contributed by atoms with E-state index >= 15 is 0 Å². The molecule has 0 spiro atoms. The maximum Gasteiger partial charge on any atom is 0.320 e. The van der Waals surface area contributed by atoms with E-state index in [4.69, 9.17) is 33.3 Å². The number of nitrogens with one attached hydrogen (secondary N) is 1. The van der Waals surface area contributed by atoms with Crippen LogP contribution in [0.1, 0.15) is 5.56 Å². The zero-order valence-corrected chi connectivity index (χ0v) is 15.0. The molecule has 1 saturated heterocycles. The smallest absolute Gasteiger partial charge is 0.320 e. The summed E-state index contributed by atoms with van der Waals surface area (Å²) in [7, 11) is 0. The fraction of sp³-hybridized carbons (Fsp3) is 0.167. The number of aromatic hydroxyl groups is 2. The topological polar surface area (TPSA) is 136 Å². The third kappa shape index (κ3) is 5.66. The van der Waals surface area contributed by atoms with Gasteiger partial charge in [-0.05, 0) is 48.5 Å². The highest BCUT2D eigenvalue weighted by molar-refractivity contribution is 7.80. The summed E-state index contributed by atoms with van der Waals surface area (Å²) in [4.78, 5) is 23.2. The van der Waals surface area contributed by atoms with Crippen LogP contribution < -0.4 is 16.0 Å². The number of benzene rings is 2. The van der Waals surface area contributed by atoms with Gasteiger partial charge in [-0.1, -0.05) is 24.3 Å². The molecular weight excluding hydrogens is 370 g/mol. The summed E-state index contributed by atoms with van der Waals surface area (Å²) in [6, 6.07) is 12.7. The second-order valence-corrected chi connectivity index (χ2v) is 6.13. The molecule has 3 rings (SSSR count). The van der Waals surface area contributed by atoms with Crippen molar-refractivity contribution in [2.24, 2.45) is 5.73 Å². The summed E-state index contributed by atoms with van der Waals surface area (Å²) < 4.78 is 0. The number of nitrogens with zero attached hydrogens (tertiary/aromatic N) is 1. The first-order valence-electron chi connectivity index (χ1n) is 7.93. The molecule has 27 heavy (non-hydrogen) atoms. The molecule has 6 N–H and O–H groups in total. The molecular formula is C18H19N3O5S. The SMILES string of the molecule is N[C@@H](Cc1ccc(O)c(O)c1)C(=O)O.O=C1CN(c2ccccc2)C(=S)N1. The molecule has 1 heterocycles. The maximum atomic E-state index is 11.0. The average Bonchev–Trinajstić information content (AvgIpc) is 2.97. The highest BCUT2D eigenvalue weighted by atomic mass is 32.1. The molecule has 0 saturated carbocycles. The van der Waals surface area contributed by atoms with Crippen LogP contribution in [0.5, 0.6) is 11.5 Å². The molecule has 2 aromatic carbocycles. The zero-order chi connectivity index (χ0) is 20.0. The summed E-state index contributed by atoms with van der Waals surface area (Å²) in [6.45, 7) is 0.322. The number of para-hydroxylation sites is 1. The highest BCUT2D eigenvalue weighted by Gasteiger charge is 2.24. The summed E-state index contributed by atoms with van der Waals surface area (Å²) in [5.74, 6) is -1.66. The predicted octanol–water partition coefficient (Wildman–Crippen LogP) is 0.960. The molecule has 1 atom stereocenters. The Hall–Kier alpha value is -3.17. The minimum Gasteiger partial charge on any atom is -0.504 e. The van der Waals surface area contributed by atoms with Gasteiger partial charge >= 0.3 is 5.97 Å². The van der Waals surface area contributed by atoms with Gasteiger partial charge in [-0.2, -0.15) is 0 Å². The summed E-state index contributed by atoms with van der Waals surface area (Å²) in [5, 5.41) is 29.7. The van der Waals surface area contributed by atoms with Crippen molar-refractivity contribution in [2.75, 3.05) is 11.4 Å². The van der Waals surface area contributed by atoms with Crippen molar-refractivity contribution in [3.05, 3.63) is 54.1 Å². The molecule has 0 bridgehead atoms. The van der Waals surface area contributed by atoms with E-state index in [9.17, 15) is 9.59 Å². The van der Waals surface area contributed by atoms with E-state index < -0.39 is 12.0 Å². The first kappa shape index (κ1) is 20.1. The largest absolute Gasteiger partial charge is 0.504 e. The van der Waals surface area contributed by atoms with Crippen molar-refractivity contribution in [2.45, 2.75) is 12.5 Å². The lowest BCUT2D eigenvalue weighted by atomic mass is 10.1. The third-order valence-corrected chi connectivity index (χ3v) is 4.00. The van der Waals surface area contributed by atoms with E-state index in [1.54, 1.807) is 4.90 Å². The molecule has 0 radical (unpaired) electrons. The molecule has 1 amide bonds. The number of aliphatic carboxylic acids is 1. The van der Waals surface area contributed by atoms with Gasteiger partial charge in [0.1, 0.15) is 12.6 Å². The van der Waals surface area contributed by atoms with Crippen LogP contribution in [0.2, 0.25) is 0 Å². The van der Waals surface area contributed by atoms with Gasteiger partial charge in [-0.3, -0.25) is 9.59 Å². The van der Waals surface area contributed by atoms with Gasteiger partial charge in [0.25, 0.3) is 0 Å². The first-order chi connectivity index (χ1) is 12.8. The Balaban J connectivity index is 0.000000194. The fourth-order valence-electron chi connectivity index (χ4n) is 2.30. The van der Waals surface area contributed by atoms with Crippen LogP contribution >= 0.6 is 12.2 Å². The molecule has 8 nitrogen and oxygen atoms in total. The second kappa shape index (κ2) is 8.97. The van der Waals surface area contributed by atoms with E-state index in [-0.39, 0.29) is 23.8 Å². The minimum absolute atomic E-state index is 0.0474.